The van der Waals surface area contributed by atoms with Crippen LogP contribution >= 0.6 is 0 Å². The van der Waals surface area contributed by atoms with Gasteiger partial charge in [-0.1, -0.05) is 18.2 Å². The summed E-state index contributed by atoms with van der Waals surface area (Å²) in [5.41, 5.74) is 0.361. The maximum atomic E-state index is 11.8. The fourth-order valence-electron chi connectivity index (χ4n) is 1.83. The Balaban J connectivity index is 2.49. The van der Waals surface area contributed by atoms with Crippen LogP contribution in [0, 0.1) is 0 Å². The molecule has 2 aromatic rings. The van der Waals surface area contributed by atoms with Gasteiger partial charge in [-0.2, -0.15) is 0 Å². The van der Waals surface area contributed by atoms with E-state index in [1.54, 1.807) is 35.2 Å². The molecule has 1 heterocycles. The Morgan fingerprint density at radius 2 is 1.94 bits per heavy atom. The number of hydrogen-bond donors (Lipinski definition) is 2. The van der Waals surface area contributed by atoms with E-state index in [1.165, 1.54) is 12.1 Å². The van der Waals surface area contributed by atoms with Crippen molar-refractivity contribution in [2.75, 3.05) is 0 Å². The number of aryl methyl sites for hydroxylation is 1. The Labute approximate surface area is 105 Å². The fourth-order valence-corrected chi connectivity index (χ4v) is 1.83. The summed E-state index contributed by atoms with van der Waals surface area (Å²) in [7, 11) is 0. The van der Waals surface area contributed by atoms with Gasteiger partial charge in [-0.25, -0.2) is 0 Å². The lowest BCUT2D eigenvalue weighted by Gasteiger charge is -2.13. The highest BCUT2D eigenvalue weighted by atomic mass is 16.3. The maximum absolute atomic E-state index is 11.8. The SMILES string of the molecule is CCn1ccc(=O)c(C(O)c2ccccc2O)c1. The zero-order valence-electron chi connectivity index (χ0n) is 10.1. The average molecular weight is 245 g/mol. The van der Waals surface area contributed by atoms with Gasteiger partial charge in [-0.05, 0) is 13.0 Å². The fraction of sp³-hybridized carbons (Fsp3) is 0.214. The van der Waals surface area contributed by atoms with Crippen LogP contribution in [0.25, 0.3) is 0 Å². The first-order valence-electron chi connectivity index (χ1n) is 5.79. The summed E-state index contributed by atoms with van der Waals surface area (Å²) in [4.78, 5) is 11.8. The Hall–Kier alpha value is -2.07. The molecular weight excluding hydrogens is 230 g/mol. The summed E-state index contributed by atoms with van der Waals surface area (Å²) in [5, 5.41) is 19.9. The lowest BCUT2D eigenvalue weighted by Crippen LogP contribution is -2.16. The highest BCUT2D eigenvalue weighted by Gasteiger charge is 2.17. The minimum absolute atomic E-state index is 0.0173. The van der Waals surface area contributed by atoms with Crippen molar-refractivity contribution in [3.63, 3.8) is 0 Å². The van der Waals surface area contributed by atoms with E-state index >= 15 is 0 Å². The van der Waals surface area contributed by atoms with E-state index in [1.807, 2.05) is 6.92 Å². The minimum Gasteiger partial charge on any atom is -0.508 e. The number of aromatic nitrogens is 1. The summed E-state index contributed by atoms with van der Waals surface area (Å²) in [6.07, 6.45) is 2.17. The molecule has 0 radical (unpaired) electrons. The zero-order chi connectivity index (χ0) is 13.1. The van der Waals surface area contributed by atoms with Gasteiger partial charge in [0.05, 0.1) is 0 Å². The van der Waals surface area contributed by atoms with Gasteiger partial charge in [0.2, 0.25) is 0 Å². The number of aromatic hydroxyl groups is 1. The van der Waals surface area contributed by atoms with Crippen molar-refractivity contribution in [2.45, 2.75) is 19.6 Å². The number of pyridine rings is 1. The molecule has 1 aromatic carbocycles. The maximum Gasteiger partial charge on any atom is 0.187 e. The molecule has 0 aliphatic heterocycles. The first-order chi connectivity index (χ1) is 8.63. The number of rotatable bonds is 3. The molecular formula is C14H15NO3. The molecule has 0 fully saturated rings. The molecule has 4 nitrogen and oxygen atoms in total. The van der Waals surface area contributed by atoms with Crippen molar-refractivity contribution in [1.29, 1.82) is 0 Å². The molecule has 2 N–H and O–H groups in total. The van der Waals surface area contributed by atoms with Crippen LogP contribution in [0.4, 0.5) is 0 Å². The molecule has 4 heteroatoms. The normalized spacial score (nSPS) is 12.3. The van der Waals surface area contributed by atoms with E-state index < -0.39 is 6.10 Å². The molecule has 0 bridgehead atoms. The van der Waals surface area contributed by atoms with Crippen molar-refractivity contribution < 1.29 is 10.2 Å². The molecule has 0 aliphatic rings. The summed E-state index contributed by atoms with van der Waals surface area (Å²) < 4.78 is 1.81. The topological polar surface area (TPSA) is 62.5 Å². The summed E-state index contributed by atoms with van der Waals surface area (Å²) in [6, 6.07) is 7.88. The molecule has 1 aromatic heterocycles. The lowest BCUT2D eigenvalue weighted by atomic mass is 10.0. The summed E-state index contributed by atoms with van der Waals surface area (Å²) >= 11 is 0. The highest BCUT2D eigenvalue weighted by Crippen LogP contribution is 2.26. The van der Waals surface area contributed by atoms with Gasteiger partial charge in [0, 0.05) is 36.1 Å². The van der Waals surface area contributed by atoms with Crippen LogP contribution in [0.1, 0.15) is 24.2 Å². The van der Waals surface area contributed by atoms with Gasteiger partial charge in [-0.15, -0.1) is 0 Å². The number of para-hydroxylation sites is 1. The summed E-state index contributed by atoms with van der Waals surface area (Å²) in [5.74, 6) is -0.0173. The van der Waals surface area contributed by atoms with Crippen LogP contribution in [0.3, 0.4) is 0 Å². The molecule has 2 rings (SSSR count). The third kappa shape index (κ3) is 2.28. The molecule has 94 valence electrons. The number of aliphatic hydroxyl groups is 1. The second kappa shape index (κ2) is 5.06. The predicted octanol–water partition coefficient (Wildman–Crippen LogP) is 1.66. The second-order valence-corrected chi connectivity index (χ2v) is 4.06. The van der Waals surface area contributed by atoms with Crippen LogP contribution in [-0.4, -0.2) is 14.8 Å². The summed E-state index contributed by atoms with van der Waals surface area (Å²) in [6.45, 7) is 2.65. The zero-order valence-corrected chi connectivity index (χ0v) is 10.1. The van der Waals surface area contributed by atoms with Gasteiger partial charge in [-0.3, -0.25) is 4.79 Å². The van der Waals surface area contributed by atoms with Crippen molar-refractivity contribution >= 4 is 0 Å². The third-order valence-corrected chi connectivity index (χ3v) is 2.90. The van der Waals surface area contributed by atoms with E-state index in [9.17, 15) is 15.0 Å². The quantitative estimate of drug-likeness (QED) is 0.864. The van der Waals surface area contributed by atoms with Crippen LogP contribution < -0.4 is 5.43 Å². The third-order valence-electron chi connectivity index (χ3n) is 2.90. The average Bonchev–Trinajstić information content (AvgIpc) is 2.39. The molecule has 0 saturated heterocycles. The van der Waals surface area contributed by atoms with Crippen molar-refractivity contribution in [3.8, 4) is 5.75 Å². The molecule has 0 aliphatic carbocycles. The molecule has 1 unspecified atom stereocenters. The van der Waals surface area contributed by atoms with Gasteiger partial charge in [0.15, 0.2) is 5.43 Å². The van der Waals surface area contributed by atoms with E-state index in [0.29, 0.717) is 12.1 Å². The monoisotopic (exact) mass is 245 g/mol. The van der Waals surface area contributed by atoms with Crippen molar-refractivity contribution in [1.82, 2.24) is 4.57 Å². The number of aliphatic hydroxyl groups excluding tert-OH is 1. The van der Waals surface area contributed by atoms with Crippen LogP contribution in [-0.2, 0) is 6.54 Å². The smallest absolute Gasteiger partial charge is 0.187 e. The van der Waals surface area contributed by atoms with E-state index in [-0.39, 0.29) is 16.7 Å². The van der Waals surface area contributed by atoms with E-state index in [0.717, 1.165) is 0 Å². The molecule has 0 amide bonds. The van der Waals surface area contributed by atoms with Crippen LogP contribution in [0.15, 0.2) is 47.5 Å². The molecule has 0 saturated carbocycles. The predicted molar refractivity (Wildman–Crippen MR) is 68.5 cm³/mol. The highest BCUT2D eigenvalue weighted by molar-refractivity contribution is 5.38. The van der Waals surface area contributed by atoms with E-state index in [4.69, 9.17) is 0 Å². The first kappa shape index (κ1) is 12.4. The number of benzene rings is 1. The van der Waals surface area contributed by atoms with Gasteiger partial charge in [0.1, 0.15) is 11.9 Å². The number of phenols is 1. The molecule has 1 atom stereocenters. The van der Waals surface area contributed by atoms with Crippen LogP contribution in [0.5, 0.6) is 5.75 Å². The Morgan fingerprint density at radius 1 is 1.22 bits per heavy atom. The molecule has 0 spiro atoms. The Kier molecular flexibility index (Phi) is 3.48. The van der Waals surface area contributed by atoms with Crippen molar-refractivity contribution in [2.24, 2.45) is 0 Å². The second-order valence-electron chi connectivity index (χ2n) is 4.06. The number of hydrogen-bond acceptors (Lipinski definition) is 3. The van der Waals surface area contributed by atoms with Gasteiger partial charge >= 0.3 is 0 Å². The van der Waals surface area contributed by atoms with Crippen molar-refractivity contribution in [3.05, 3.63) is 64.1 Å². The van der Waals surface area contributed by atoms with Crippen LogP contribution in [0.2, 0.25) is 0 Å². The Morgan fingerprint density at radius 3 is 2.61 bits per heavy atom. The van der Waals surface area contributed by atoms with Gasteiger partial charge < -0.3 is 14.8 Å². The Bertz CT molecular complexity index is 604. The van der Waals surface area contributed by atoms with E-state index in [2.05, 4.69) is 0 Å². The van der Waals surface area contributed by atoms with Gasteiger partial charge in [0.25, 0.3) is 0 Å². The largest absolute Gasteiger partial charge is 0.508 e. The first-order valence-corrected chi connectivity index (χ1v) is 5.79. The number of phenolic OH excluding ortho intramolecular Hbond substituents is 1. The minimum atomic E-state index is -1.11. The lowest BCUT2D eigenvalue weighted by molar-refractivity contribution is 0.213. The molecule has 18 heavy (non-hydrogen) atoms. The standard InChI is InChI=1S/C14H15NO3/c1-2-15-8-7-13(17)11(9-15)14(18)10-5-3-4-6-12(10)16/h3-9,14,16,18H,2H2,1H3. The number of nitrogens with zero attached hydrogens (tertiary/aromatic N) is 1.